The minimum Gasteiger partial charge on any atom is -0.497 e. The summed E-state index contributed by atoms with van der Waals surface area (Å²) >= 11 is 8.42. The third-order valence-corrected chi connectivity index (χ3v) is 12.4. The average Bonchev–Trinajstić information content (AvgIpc) is 3.68. The van der Waals surface area contributed by atoms with Crippen LogP contribution in [0.25, 0.3) is 43.2 Å². The summed E-state index contributed by atoms with van der Waals surface area (Å²) < 4.78 is 38.3. The summed E-state index contributed by atoms with van der Waals surface area (Å²) in [6.45, 7) is 7.28. The van der Waals surface area contributed by atoms with E-state index in [0.29, 0.717) is 56.0 Å². The van der Waals surface area contributed by atoms with Gasteiger partial charge in [0.05, 0.1) is 23.2 Å². The molecule has 4 aromatic carbocycles. The van der Waals surface area contributed by atoms with Gasteiger partial charge in [0, 0.05) is 61.3 Å². The second-order valence-electron chi connectivity index (χ2n) is 14.9. The third-order valence-electron chi connectivity index (χ3n) is 10.8. The number of aliphatic carboxylic acids is 1. The van der Waals surface area contributed by atoms with E-state index in [-0.39, 0.29) is 24.7 Å². The van der Waals surface area contributed by atoms with Crippen molar-refractivity contribution in [2.45, 2.75) is 26.1 Å². The summed E-state index contributed by atoms with van der Waals surface area (Å²) in [5, 5.41) is 11.6. The Kier molecular flexibility index (Phi) is 13.2. The van der Waals surface area contributed by atoms with Crippen molar-refractivity contribution in [3.8, 4) is 56.1 Å². The number of halogens is 2. The van der Waals surface area contributed by atoms with E-state index in [2.05, 4.69) is 36.8 Å². The number of fused-ring (bicyclic) bond motifs is 1. The zero-order chi connectivity index (χ0) is 43.2. The number of para-hydroxylation sites is 1. The summed E-state index contributed by atoms with van der Waals surface area (Å²) in [4.78, 5) is 37.2. The Hall–Kier alpha value is -6.19. The van der Waals surface area contributed by atoms with Crippen LogP contribution in [0.15, 0.2) is 104 Å². The average molecular weight is 875 g/mol. The predicted octanol–water partition coefficient (Wildman–Crippen LogP) is 8.87. The molecule has 0 spiro atoms. The summed E-state index contributed by atoms with van der Waals surface area (Å²) in [7, 11) is 3.74. The van der Waals surface area contributed by atoms with Crippen molar-refractivity contribution in [3.05, 3.63) is 131 Å². The molecule has 4 heterocycles. The number of aromatic nitrogens is 4. The van der Waals surface area contributed by atoms with Crippen molar-refractivity contribution in [2.75, 3.05) is 53.5 Å². The molecule has 318 valence electrons. The van der Waals surface area contributed by atoms with Gasteiger partial charge < -0.3 is 29.0 Å². The minimum absolute atomic E-state index is 0.0484. The van der Waals surface area contributed by atoms with Gasteiger partial charge in [0.2, 0.25) is 12.0 Å². The predicted molar refractivity (Wildman–Crippen MR) is 238 cm³/mol. The van der Waals surface area contributed by atoms with Gasteiger partial charge in [-0.25, -0.2) is 29.1 Å². The van der Waals surface area contributed by atoms with E-state index in [1.165, 1.54) is 29.8 Å². The maximum absolute atomic E-state index is 14.2. The summed E-state index contributed by atoms with van der Waals surface area (Å²) in [6, 6.07) is 26.4. The number of carbonyl (C=O) groups is 1. The highest BCUT2D eigenvalue weighted by molar-refractivity contribution is 7.22. The molecule has 1 aliphatic heterocycles. The Bertz CT molecular complexity index is 2680. The number of likely N-dealkylation sites (N-methyl/N-ethyl adjacent to an activating group) is 1. The van der Waals surface area contributed by atoms with Crippen LogP contribution in [0.5, 0.6) is 23.1 Å². The maximum atomic E-state index is 14.2. The number of methoxy groups -OCH3 is 1. The van der Waals surface area contributed by atoms with Crippen molar-refractivity contribution in [2.24, 2.45) is 0 Å². The van der Waals surface area contributed by atoms with E-state index in [9.17, 15) is 14.3 Å². The van der Waals surface area contributed by atoms with Crippen molar-refractivity contribution in [3.63, 3.8) is 0 Å². The van der Waals surface area contributed by atoms with E-state index >= 15 is 0 Å². The van der Waals surface area contributed by atoms with E-state index < -0.39 is 12.1 Å². The number of carboxylic acids is 1. The van der Waals surface area contributed by atoms with Crippen LogP contribution in [-0.4, -0.2) is 100 Å². The first-order valence-electron chi connectivity index (χ1n) is 20.1. The number of benzene rings is 4. The zero-order valence-corrected chi connectivity index (χ0v) is 36.0. The second kappa shape index (κ2) is 19.2. The molecule has 1 N–H and O–H groups in total. The fraction of sp³-hybridized carbons (Fsp3) is 0.255. The molecule has 12 nitrogen and oxygen atoms in total. The summed E-state index contributed by atoms with van der Waals surface area (Å²) in [6.07, 6.45) is 1.60. The molecule has 8 rings (SSSR count). The molecule has 1 fully saturated rings. The highest BCUT2D eigenvalue weighted by atomic mass is 35.5. The number of thiophene rings is 1. The summed E-state index contributed by atoms with van der Waals surface area (Å²) in [5.74, 6) is 0.807. The molecule has 7 aromatic rings. The maximum Gasteiger partial charge on any atom is 0.345 e. The highest BCUT2D eigenvalue weighted by Gasteiger charge is 2.28. The summed E-state index contributed by atoms with van der Waals surface area (Å²) in [5.41, 5.74) is 4.97. The van der Waals surface area contributed by atoms with Gasteiger partial charge in [-0.2, -0.15) is 0 Å². The van der Waals surface area contributed by atoms with Crippen molar-refractivity contribution in [1.29, 1.82) is 0 Å². The Morgan fingerprint density at radius 2 is 1.66 bits per heavy atom. The first-order chi connectivity index (χ1) is 30.1. The van der Waals surface area contributed by atoms with Gasteiger partial charge in [-0.1, -0.05) is 48.0 Å². The van der Waals surface area contributed by atoms with Crippen LogP contribution < -0.4 is 18.9 Å². The molecule has 0 amide bonds. The number of hydrogen-bond donors (Lipinski definition) is 1. The molecule has 15 heteroatoms. The van der Waals surface area contributed by atoms with Gasteiger partial charge in [-0.05, 0) is 90.8 Å². The molecule has 3 aromatic heterocycles. The van der Waals surface area contributed by atoms with Crippen LogP contribution >= 0.6 is 22.9 Å². The van der Waals surface area contributed by atoms with Gasteiger partial charge >= 0.3 is 5.97 Å². The molecular weight excluding hydrogens is 831 g/mol. The Morgan fingerprint density at radius 1 is 0.903 bits per heavy atom. The first-order valence-corrected chi connectivity index (χ1v) is 21.3. The molecule has 1 aliphatic rings. The second-order valence-corrected chi connectivity index (χ2v) is 16.2. The van der Waals surface area contributed by atoms with E-state index in [1.54, 1.807) is 43.6 Å². The smallest absolute Gasteiger partial charge is 0.345 e. The molecule has 1 unspecified atom stereocenters. The fourth-order valence-electron chi connectivity index (χ4n) is 7.29. The van der Waals surface area contributed by atoms with Crippen LogP contribution in [0, 0.1) is 12.7 Å². The Balaban J connectivity index is 1.07. The lowest BCUT2D eigenvalue weighted by atomic mass is 9.96. The standard InChI is InChI=1S/C47H44ClFN6O6S/c1-29-36(16-17-38(42(29)48)59-25-24-55-22-20-54(2)21-23-55)40-41-45(51-28-52-46(41)62-43(40)30-8-12-33(49)13-9-30)61-39(47(56)57)26-32-6-4-5-7-37(32)60-27-34-18-19-50-44(53-34)31-10-14-35(58-3)15-11-31/h4-19,28,39H,20-27H2,1-3H3,(H,56,57). The van der Waals surface area contributed by atoms with Crippen molar-refractivity contribution < 1.29 is 33.2 Å². The van der Waals surface area contributed by atoms with Gasteiger partial charge in [0.25, 0.3) is 0 Å². The molecular formula is C47H44ClFN6O6S. The quantitative estimate of drug-likeness (QED) is 0.0995. The SMILES string of the molecule is COc1ccc(-c2nccc(COc3ccccc3CC(Oc3ncnc4sc(-c5ccc(F)cc5)c(-c5ccc(OCCN6CCN(C)CC6)c(Cl)c5C)c34)C(=O)O)n2)cc1. The fourth-order valence-corrected chi connectivity index (χ4v) is 8.66. The number of hydrogen-bond acceptors (Lipinski definition) is 12. The lowest BCUT2D eigenvalue weighted by Gasteiger charge is -2.32. The van der Waals surface area contributed by atoms with Gasteiger partial charge in [0.1, 0.15) is 47.4 Å². The zero-order valence-electron chi connectivity index (χ0n) is 34.4. The van der Waals surface area contributed by atoms with Gasteiger partial charge in [0.15, 0.2) is 5.82 Å². The van der Waals surface area contributed by atoms with Crippen LogP contribution in [-0.2, 0) is 17.8 Å². The number of carboxylic acid groups (broad SMARTS) is 1. The van der Waals surface area contributed by atoms with Gasteiger partial charge in [-0.3, -0.25) is 4.90 Å². The van der Waals surface area contributed by atoms with E-state index in [0.717, 1.165) is 65.6 Å². The first kappa shape index (κ1) is 42.5. The normalized spacial score (nSPS) is 13.8. The number of nitrogens with zero attached hydrogens (tertiary/aromatic N) is 6. The van der Waals surface area contributed by atoms with E-state index in [1.807, 2.05) is 55.5 Å². The highest BCUT2D eigenvalue weighted by Crippen LogP contribution is 2.49. The third kappa shape index (κ3) is 9.63. The Labute approximate surface area is 367 Å². The molecule has 0 saturated carbocycles. The number of ether oxygens (including phenoxy) is 4. The van der Waals surface area contributed by atoms with E-state index in [4.69, 9.17) is 30.5 Å². The number of rotatable bonds is 16. The van der Waals surface area contributed by atoms with Crippen molar-refractivity contribution >= 4 is 39.1 Å². The minimum atomic E-state index is -1.37. The molecule has 1 atom stereocenters. The van der Waals surface area contributed by atoms with Gasteiger partial charge in [-0.15, -0.1) is 11.3 Å². The molecule has 0 bridgehead atoms. The van der Waals surface area contributed by atoms with Crippen LogP contribution in [0.3, 0.4) is 0 Å². The molecule has 62 heavy (non-hydrogen) atoms. The molecule has 0 radical (unpaired) electrons. The van der Waals surface area contributed by atoms with Crippen LogP contribution in [0.1, 0.15) is 16.8 Å². The molecule has 1 saturated heterocycles. The molecule has 0 aliphatic carbocycles. The monoisotopic (exact) mass is 874 g/mol. The number of piperazine rings is 1. The largest absolute Gasteiger partial charge is 0.497 e. The van der Waals surface area contributed by atoms with Crippen LogP contribution in [0.4, 0.5) is 4.39 Å². The lowest BCUT2D eigenvalue weighted by molar-refractivity contribution is -0.145. The lowest BCUT2D eigenvalue weighted by Crippen LogP contribution is -2.45. The van der Waals surface area contributed by atoms with Crippen molar-refractivity contribution in [1.82, 2.24) is 29.7 Å². The Morgan fingerprint density at radius 3 is 2.42 bits per heavy atom. The van der Waals surface area contributed by atoms with Crippen LogP contribution in [0.2, 0.25) is 5.02 Å². The topological polar surface area (TPSA) is 132 Å².